The van der Waals surface area contributed by atoms with Gasteiger partial charge in [0.15, 0.2) is 0 Å². The van der Waals surface area contributed by atoms with Gasteiger partial charge in [-0.1, -0.05) is 0 Å². The molecule has 1 aromatic heterocycles. The van der Waals surface area contributed by atoms with Crippen LogP contribution in [0.5, 0.6) is 17.2 Å². The molecule has 3 rings (SSSR count). The summed E-state index contributed by atoms with van der Waals surface area (Å²) in [5.74, 6) is 0.939. The summed E-state index contributed by atoms with van der Waals surface area (Å²) in [5.41, 5.74) is 1.25. The number of aromatic hydroxyl groups is 1. The summed E-state index contributed by atoms with van der Waals surface area (Å²) in [5, 5.41) is 19.2. The van der Waals surface area contributed by atoms with Crippen molar-refractivity contribution in [3.63, 3.8) is 0 Å². The van der Waals surface area contributed by atoms with Crippen molar-refractivity contribution in [2.24, 2.45) is 0 Å². The summed E-state index contributed by atoms with van der Waals surface area (Å²) < 4.78 is 10.5. The number of thiazole rings is 1. The molecule has 0 atom stereocenters. The standard InChI is InChI=1S/C15H11NO5S/c1-20-8-3-5-12(17)10(6-8)14-16-11-4-2-9(21-15(18)19)7-13(11)22-14/h2-7,17H,1H3,(H,18,19). The van der Waals surface area contributed by atoms with Crippen molar-refractivity contribution in [2.45, 2.75) is 0 Å². The highest BCUT2D eigenvalue weighted by atomic mass is 32.1. The van der Waals surface area contributed by atoms with E-state index < -0.39 is 6.16 Å². The van der Waals surface area contributed by atoms with E-state index in [-0.39, 0.29) is 11.5 Å². The molecule has 0 unspecified atom stereocenters. The first-order valence-electron chi connectivity index (χ1n) is 6.25. The fraction of sp³-hybridized carbons (Fsp3) is 0.0667. The van der Waals surface area contributed by atoms with E-state index >= 15 is 0 Å². The Labute approximate surface area is 129 Å². The number of phenols is 1. The lowest BCUT2D eigenvalue weighted by molar-refractivity contribution is 0.144. The number of carboxylic acid groups (broad SMARTS) is 1. The maximum absolute atomic E-state index is 10.6. The van der Waals surface area contributed by atoms with Crippen LogP contribution in [-0.4, -0.2) is 28.5 Å². The number of methoxy groups -OCH3 is 1. The van der Waals surface area contributed by atoms with E-state index in [0.717, 1.165) is 4.70 Å². The predicted molar refractivity (Wildman–Crippen MR) is 81.9 cm³/mol. The molecule has 7 heteroatoms. The molecule has 2 aromatic carbocycles. The van der Waals surface area contributed by atoms with E-state index in [1.807, 2.05) is 0 Å². The Kier molecular flexibility index (Phi) is 3.56. The minimum absolute atomic E-state index is 0.0989. The van der Waals surface area contributed by atoms with Gasteiger partial charge in [0.05, 0.1) is 22.9 Å². The number of fused-ring (bicyclic) bond motifs is 1. The number of phenolic OH excluding ortho intramolecular Hbond substituents is 1. The number of aromatic nitrogens is 1. The largest absolute Gasteiger partial charge is 0.511 e. The van der Waals surface area contributed by atoms with Crippen LogP contribution in [0.3, 0.4) is 0 Å². The number of hydrogen-bond donors (Lipinski definition) is 2. The van der Waals surface area contributed by atoms with Crippen LogP contribution in [0.2, 0.25) is 0 Å². The Bertz CT molecular complexity index is 858. The molecule has 112 valence electrons. The van der Waals surface area contributed by atoms with E-state index in [4.69, 9.17) is 9.84 Å². The van der Waals surface area contributed by atoms with E-state index in [9.17, 15) is 9.90 Å². The molecule has 0 fully saturated rings. The zero-order chi connectivity index (χ0) is 15.7. The molecule has 0 amide bonds. The molecule has 0 saturated carbocycles. The van der Waals surface area contributed by atoms with E-state index in [1.54, 1.807) is 37.4 Å². The topological polar surface area (TPSA) is 88.9 Å². The zero-order valence-corrected chi connectivity index (χ0v) is 12.3. The van der Waals surface area contributed by atoms with Gasteiger partial charge in [-0.25, -0.2) is 9.78 Å². The predicted octanol–water partition coefficient (Wildman–Crippen LogP) is 3.73. The maximum atomic E-state index is 10.6. The average molecular weight is 317 g/mol. The Balaban J connectivity index is 2.06. The average Bonchev–Trinajstić information content (AvgIpc) is 2.90. The quantitative estimate of drug-likeness (QED) is 0.565. The van der Waals surface area contributed by atoms with Crippen LogP contribution in [-0.2, 0) is 0 Å². The number of rotatable bonds is 3. The number of hydrogen-bond acceptors (Lipinski definition) is 6. The summed E-state index contributed by atoms with van der Waals surface area (Å²) >= 11 is 1.33. The number of carbonyl (C=O) groups is 1. The van der Waals surface area contributed by atoms with Crippen molar-refractivity contribution >= 4 is 27.7 Å². The second-order valence-corrected chi connectivity index (χ2v) is 5.43. The Morgan fingerprint density at radius 3 is 2.68 bits per heavy atom. The van der Waals surface area contributed by atoms with Crippen LogP contribution in [0.1, 0.15) is 0 Å². The molecule has 0 bridgehead atoms. The van der Waals surface area contributed by atoms with Crippen LogP contribution < -0.4 is 9.47 Å². The van der Waals surface area contributed by atoms with E-state index in [0.29, 0.717) is 21.8 Å². The molecule has 0 saturated heterocycles. The van der Waals surface area contributed by atoms with Gasteiger partial charge in [0.25, 0.3) is 0 Å². The van der Waals surface area contributed by atoms with Crippen molar-refractivity contribution in [2.75, 3.05) is 7.11 Å². The number of benzene rings is 2. The second-order valence-electron chi connectivity index (χ2n) is 4.40. The summed E-state index contributed by atoms with van der Waals surface area (Å²) in [7, 11) is 1.55. The molecule has 0 aliphatic carbocycles. The molecule has 1 heterocycles. The van der Waals surface area contributed by atoms with Crippen LogP contribution >= 0.6 is 11.3 Å². The van der Waals surface area contributed by atoms with Gasteiger partial charge >= 0.3 is 6.16 Å². The molecule has 2 N–H and O–H groups in total. The minimum Gasteiger partial charge on any atom is -0.507 e. The molecule has 6 nitrogen and oxygen atoms in total. The van der Waals surface area contributed by atoms with Gasteiger partial charge < -0.3 is 19.7 Å². The van der Waals surface area contributed by atoms with Crippen LogP contribution in [0, 0.1) is 0 Å². The normalized spacial score (nSPS) is 10.6. The lowest BCUT2D eigenvalue weighted by Crippen LogP contribution is -2.02. The van der Waals surface area contributed by atoms with Crippen LogP contribution in [0.25, 0.3) is 20.8 Å². The smallest absolute Gasteiger partial charge is 0.507 e. The second kappa shape index (κ2) is 5.53. The third-order valence-electron chi connectivity index (χ3n) is 3.00. The van der Waals surface area contributed by atoms with Gasteiger partial charge in [0.2, 0.25) is 0 Å². The molecule has 0 aliphatic rings. The Morgan fingerprint density at radius 2 is 1.95 bits per heavy atom. The fourth-order valence-electron chi connectivity index (χ4n) is 2.00. The molecule has 0 radical (unpaired) electrons. The number of nitrogens with zero attached hydrogens (tertiary/aromatic N) is 1. The molecule has 0 aliphatic heterocycles. The molecular weight excluding hydrogens is 306 g/mol. The van der Waals surface area contributed by atoms with Crippen molar-refractivity contribution in [3.05, 3.63) is 36.4 Å². The summed E-state index contributed by atoms with van der Waals surface area (Å²) in [6.45, 7) is 0. The lowest BCUT2D eigenvalue weighted by atomic mass is 10.2. The first-order valence-corrected chi connectivity index (χ1v) is 7.07. The first kappa shape index (κ1) is 14.2. The number of ether oxygens (including phenoxy) is 2. The third-order valence-corrected chi connectivity index (χ3v) is 4.05. The maximum Gasteiger partial charge on any atom is 0.511 e. The third kappa shape index (κ3) is 2.66. The Hall–Kier alpha value is -2.80. The van der Waals surface area contributed by atoms with Crippen molar-refractivity contribution in [1.29, 1.82) is 0 Å². The zero-order valence-electron chi connectivity index (χ0n) is 11.4. The van der Waals surface area contributed by atoms with E-state index in [1.165, 1.54) is 17.4 Å². The Morgan fingerprint density at radius 1 is 1.18 bits per heavy atom. The van der Waals surface area contributed by atoms with Gasteiger partial charge in [-0.05, 0) is 30.3 Å². The van der Waals surface area contributed by atoms with Gasteiger partial charge in [-0.2, -0.15) is 0 Å². The van der Waals surface area contributed by atoms with Crippen LogP contribution in [0.15, 0.2) is 36.4 Å². The highest BCUT2D eigenvalue weighted by Gasteiger charge is 2.13. The first-order chi connectivity index (χ1) is 10.6. The molecule has 0 spiro atoms. The molecular formula is C15H11NO5S. The lowest BCUT2D eigenvalue weighted by Gasteiger charge is -2.04. The van der Waals surface area contributed by atoms with Gasteiger partial charge in [-0.3, -0.25) is 0 Å². The highest BCUT2D eigenvalue weighted by molar-refractivity contribution is 7.21. The SMILES string of the molecule is COc1ccc(O)c(-c2nc3ccc(OC(=O)O)cc3s2)c1. The van der Waals surface area contributed by atoms with Gasteiger partial charge in [0, 0.05) is 6.07 Å². The summed E-state index contributed by atoms with van der Waals surface area (Å²) in [4.78, 5) is 15.0. The molecule has 22 heavy (non-hydrogen) atoms. The summed E-state index contributed by atoms with van der Waals surface area (Å²) in [6, 6.07) is 9.70. The van der Waals surface area contributed by atoms with Crippen molar-refractivity contribution in [1.82, 2.24) is 4.98 Å². The fourth-order valence-corrected chi connectivity index (χ4v) is 3.02. The monoisotopic (exact) mass is 317 g/mol. The van der Waals surface area contributed by atoms with Gasteiger partial charge in [0.1, 0.15) is 22.3 Å². The minimum atomic E-state index is -1.37. The van der Waals surface area contributed by atoms with Crippen LogP contribution in [0.4, 0.5) is 4.79 Å². The highest BCUT2D eigenvalue weighted by Crippen LogP contribution is 2.38. The van der Waals surface area contributed by atoms with Gasteiger partial charge in [-0.15, -0.1) is 11.3 Å². The molecule has 3 aromatic rings. The summed E-state index contributed by atoms with van der Waals surface area (Å²) in [6.07, 6.45) is -1.37. The van der Waals surface area contributed by atoms with E-state index in [2.05, 4.69) is 9.72 Å². The van der Waals surface area contributed by atoms with Crippen molar-refractivity contribution < 1.29 is 24.5 Å². The van der Waals surface area contributed by atoms with Crippen molar-refractivity contribution in [3.8, 4) is 27.8 Å².